The summed E-state index contributed by atoms with van der Waals surface area (Å²) in [6.07, 6.45) is 24.9. The molecule has 0 aromatic rings. The molecule has 0 aliphatic heterocycles. The molecule has 0 rings (SSSR count). The van der Waals surface area contributed by atoms with E-state index >= 15 is 0 Å². The maximum absolute atomic E-state index is 3.82. The second kappa shape index (κ2) is 16.5. The van der Waals surface area contributed by atoms with Crippen molar-refractivity contribution in [3.63, 3.8) is 0 Å². The van der Waals surface area contributed by atoms with Crippen molar-refractivity contribution in [2.24, 2.45) is 0 Å². The maximum Gasteiger partial charge on any atom is -0.0348 e. The first-order valence-electron chi connectivity index (χ1n) is 8.01. The molecule has 0 aromatic heterocycles. The molecular formula is C18H33. The van der Waals surface area contributed by atoms with Gasteiger partial charge in [0, 0.05) is 0 Å². The molecule has 0 nitrogen and oxygen atoms in total. The summed E-state index contributed by atoms with van der Waals surface area (Å²) >= 11 is 0. The van der Waals surface area contributed by atoms with Gasteiger partial charge >= 0.3 is 0 Å². The van der Waals surface area contributed by atoms with Gasteiger partial charge in [0.1, 0.15) is 0 Å². The Hall–Kier alpha value is -0.520. The van der Waals surface area contributed by atoms with Crippen LogP contribution in [-0.4, -0.2) is 0 Å². The highest BCUT2D eigenvalue weighted by Crippen LogP contribution is 2.07. The Morgan fingerprint density at radius 3 is 1.72 bits per heavy atom. The number of unbranched alkanes of at least 4 members (excludes halogenated alkanes) is 9. The number of hydrogen-bond donors (Lipinski definition) is 0. The Morgan fingerprint density at radius 1 is 0.611 bits per heavy atom. The lowest BCUT2D eigenvalue weighted by Crippen LogP contribution is -1.77. The molecule has 0 unspecified atom stereocenters. The van der Waals surface area contributed by atoms with E-state index in [-0.39, 0.29) is 0 Å². The summed E-state index contributed by atoms with van der Waals surface area (Å²) in [5.41, 5.74) is 0. The number of allylic oxidation sites excluding steroid dienone is 4. The van der Waals surface area contributed by atoms with Crippen LogP contribution in [0.2, 0.25) is 0 Å². The summed E-state index contributed by atoms with van der Waals surface area (Å²) in [7, 11) is 0. The number of hydrogen-bond acceptors (Lipinski definition) is 0. The van der Waals surface area contributed by atoms with Crippen molar-refractivity contribution in [3.05, 3.63) is 31.2 Å². The van der Waals surface area contributed by atoms with E-state index in [0.29, 0.717) is 0 Å². The molecule has 0 spiro atoms. The third-order valence-electron chi connectivity index (χ3n) is 3.17. The fourth-order valence-electron chi connectivity index (χ4n) is 1.99. The highest BCUT2D eigenvalue weighted by atomic mass is 13.9. The lowest BCUT2D eigenvalue weighted by atomic mass is 10.1. The molecular weight excluding hydrogens is 216 g/mol. The molecule has 0 aliphatic rings. The van der Waals surface area contributed by atoms with Crippen molar-refractivity contribution < 1.29 is 0 Å². The lowest BCUT2D eigenvalue weighted by Gasteiger charge is -1.97. The van der Waals surface area contributed by atoms with Gasteiger partial charge in [-0.1, -0.05) is 70.3 Å². The van der Waals surface area contributed by atoms with Gasteiger partial charge < -0.3 is 0 Å². The third-order valence-corrected chi connectivity index (χ3v) is 3.17. The monoisotopic (exact) mass is 249 g/mol. The van der Waals surface area contributed by atoms with Crippen LogP contribution in [0.25, 0.3) is 0 Å². The zero-order valence-corrected chi connectivity index (χ0v) is 12.5. The SMILES string of the molecule is [CH2]CC/C=C/CCC/C=C/CCCCCCCC. The second-order valence-corrected chi connectivity index (χ2v) is 5.07. The summed E-state index contributed by atoms with van der Waals surface area (Å²) in [4.78, 5) is 0. The molecule has 0 fully saturated rings. The lowest BCUT2D eigenvalue weighted by molar-refractivity contribution is 0.611. The van der Waals surface area contributed by atoms with Crippen molar-refractivity contribution in [1.29, 1.82) is 0 Å². The molecule has 0 N–H and O–H groups in total. The predicted octanol–water partition coefficient (Wildman–Crippen LogP) is 6.63. The summed E-state index contributed by atoms with van der Waals surface area (Å²) in [5.74, 6) is 0. The van der Waals surface area contributed by atoms with E-state index in [4.69, 9.17) is 0 Å². The highest BCUT2D eigenvalue weighted by Gasteiger charge is 1.88. The van der Waals surface area contributed by atoms with Gasteiger partial charge in [-0.3, -0.25) is 0 Å². The first-order valence-corrected chi connectivity index (χ1v) is 8.01. The molecule has 18 heavy (non-hydrogen) atoms. The quantitative estimate of drug-likeness (QED) is 0.254. The van der Waals surface area contributed by atoms with E-state index in [9.17, 15) is 0 Å². The zero-order chi connectivity index (χ0) is 13.3. The molecule has 0 heterocycles. The fourth-order valence-corrected chi connectivity index (χ4v) is 1.99. The largest absolute Gasteiger partial charge is 0.0885 e. The van der Waals surface area contributed by atoms with Crippen LogP contribution in [0.15, 0.2) is 24.3 Å². The van der Waals surface area contributed by atoms with Crippen LogP contribution < -0.4 is 0 Å². The highest BCUT2D eigenvalue weighted by molar-refractivity contribution is 4.85. The van der Waals surface area contributed by atoms with Gasteiger partial charge in [0.2, 0.25) is 0 Å². The van der Waals surface area contributed by atoms with E-state index < -0.39 is 0 Å². The minimum Gasteiger partial charge on any atom is -0.0885 e. The minimum absolute atomic E-state index is 1.02. The summed E-state index contributed by atoms with van der Waals surface area (Å²) in [6, 6.07) is 0. The molecule has 0 heteroatoms. The fraction of sp³-hybridized carbons (Fsp3) is 0.722. The average molecular weight is 249 g/mol. The van der Waals surface area contributed by atoms with Gasteiger partial charge in [-0.25, -0.2) is 0 Å². The second-order valence-electron chi connectivity index (χ2n) is 5.07. The minimum atomic E-state index is 1.02. The van der Waals surface area contributed by atoms with Crippen LogP contribution in [0.1, 0.15) is 84.0 Å². The van der Waals surface area contributed by atoms with Crippen molar-refractivity contribution >= 4 is 0 Å². The first-order chi connectivity index (χ1) is 8.91. The summed E-state index contributed by atoms with van der Waals surface area (Å²) in [6.45, 7) is 6.10. The molecule has 0 amide bonds. The Labute approximate surface area is 116 Å². The predicted molar refractivity (Wildman–Crippen MR) is 84.7 cm³/mol. The van der Waals surface area contributed by atoms with Crippen molar-refractivity contribution in [2.75, 3.05) is 0 Å². The molecule has 0 bridgehead atoms. The van der Waals surface area contributed by atoms with E-state index in [0.717, 1.165) is 12.8 Å². The normalized spacial score (nSPS) is 11.9. The average Bonchev–Trinajstić information content (AvgIpc) is 2.39. The van der Waals surface area contributed by atoms with E-state index in [1.165, 1.54) is 64.2 Å². The maximum atomic E-state index is 3.82. The zero-order valence-electron chi connectivity index (χ0n) is 12.5. The Morgan fingerprint density at radius 2 is 1.11 bits per heavy atom. The van der Waals surface area contributed by atoms with Gasteiger partial charge in [-0.2, -0.15) is 0 Å². The summed E-state index contributed by atoms with van der Waals surface area (Å²) in [5, 5.41) is 0. The van der Waals surface area contributed by atoms with Gasteiger partial charge in [-0.15, -0.1) is 0 Å². The number of rotatable bonds is 13. The molecule has 105 valence electrons. The molecule has 0 saturated heterocycles. The van der Waals surface area contributed by atoms with Crippen LogP contribution in [0, 0.1) is 6.92 Å². The van der Waals surface area contributed by atoms with Crippen LogP contribution >= 0.6 is 0 Å². The Kier molecular flexibility index (Phi) is 16.0. The summed E-state index contributed by atoms with van der Waals surface area (Å²) < 4.78 is 0. The molecule has 0 saturated carbocycles. The van der Waals surface area contributed by atoms with Crippen LogP contribution in [0.4, 0.5) is 0 Å². The molecule has 0 atom stereocenters. The van der Waals surface area contributed by atoms with Crippen LogP contribution in [-0.2, 0) is 0 Å². The smallest absolute Gasteiger partial charge is 0.0348 e. The van der Waals surface area contributed by atoms with Crippen LogP contribution in [0.5, 0.6) is 0 Å². The van der Waals surface area contributed by atoms with E-state index in [2.05, 4.69) is 38.2 Å². The van der Waals surface area contributed by atoms with Gasteiger partial charge in [0.05, 0.1) is 0 Å². The Balaban J connectivity index is 3.09. The van der Waals surface area contributed by atoms with E-state index in [1.807, 2.05) is 0 Å². The van der Waals surface area contributed by atoms with Crippen LogP contribution in [0.3, 0.4) is 0 Å². The topological polar surface area (TPSA) is 0 Å². The van der Waals surface area contributed by atoms with E-state index in [1.54, 1.807) is 0 Å². The van der Waals surface area contributed by atoms with Gasteiger partial charge in [-0.05, 0) is 44.9 Å². The molecule has 1 radical (unpaired) electrons. The van der Waals surface area contributed by atoms with Gasteiger partial charge in [0.25, 0.3) is 0 Å². The molecule has 0 aromatic carbocycles. The van der Waals surface area contributed by atoms with Crippen molar-refractivity contribution in [2.45, 2.75) is 84.0 Å². The van der Waals surface area contributed by atoms with Crippen molar-refractivity contribution in [3.8, 4) is 0 Å². The first kappa shape index (κ1) is 17.5. The Bertz CT molecular complexity index is 188. The van der Waals surface area contributed by atoms with Crippen molar-refractivity contribution in [1.82, 2.24) is 0 Å². The standard InChI is InChI=1S/C18H33/c1-3-5-7-9-11-13-15-17-18-16-14-12-10-8-6-4-2/h7,9,17-18H,1,3-6,8,10-16H2,2H3/b9-7+,18-17+. The van der Waals surface area contributed by atoms with Gasteiger partial charge in [0.15, 0.2) is 0 Å². The third kappa shape index (κ3) is 15.5. The molecule has 0 aliphatic carbocycles.